The van der Waals surface area contributed by atoms with Gasteiger partial charge in [-0.15, -0.1) is 0 Å². The second-order valence-corrected chi connectivity index (χ2v) is 7.90. The predicted octanol–water partition coefficient (Wildman–Crippen LogP) is 3.69. The van der Waals surface area contributed by atoms with E-state index in [0.29, 0.717) is 19.0 Å². The molecule has 2 N–H and O–H groups in total. The molecule has 0 aromatic heterocycles. The molecule has 27 heavy (non-hydrogen) atoms. The standard InChI is InChI=1S/C22H36N4O/c1-5-23-22(25-18(4)13-12-17(2)3)24-14-8-11-21(27)26-15-19-9-6-7-10-20(19)16-26/h6-7,9-10,17-18H,5,8,11-16H2,1-4H3,(H2,23,24,25). The van der Waals surface area contributed by atoms with Gasteiger partial charge in [0.2, 0.25) is 5.91 Å². The van der Waals surface area contributed by atoms with Crippen LogP contribution in [-0.4, -0.2) is 35.9 Å². The molecule has 0 saturated carbocycles. The summed E-state index contributed by atoms with van der Waals surface area (Å²) in [7, 11) is 0. The first-order valence-electron chi connectivity index (χ1n) is 10.4. The molecule has 0 fully saturated rings. The van der Waals surface area contributed by atoms with E-state index < -0.39 is 0 Å². The summed E-state index contributed by atoms with van der Waals surface area (Å²) in [4.78, 5) is 19.0. The summed E-state index contributed by atoms with van der Waals surface area (Å²) in [6.45, 7) is 11.8. The van der Waals surface area contributed by atoms with E-state index in [2.05, 4.69) is 55.5 Å². The number of aliphatic imine (C=N–C) groups is 1. The SMILES string of the molecule is CCNC(=NCCCC(=O)N1Cc2ccccc2C1)NC(C)CCC(C)C. The van der Waals surface area contributed by atoms with Crippen LogP contribution in [0.4, 0.5) is 0 Å². The van der Waals surface area contributed by atoms with E-state index in [1.54, 1.807) is 0 Å². The van der Waals surface area contributed by atoms with Gasteiger partial charge in [-0.2, -0.15) is 0 Å². The highest BCUT2D eigenvalue weighted by Gasteiger charge is 2.22. The molecule has 5 nitrogen and oxygen atoms in total. The number of nitrogens with zero attached hydrogens (tertiary/aromatic N) is 2. The van der Waals surface area contributed by atoms with Crippen LogP contribution in [0.15, 0.2) is 29.3 Å². The lowest BCUT2D eigenvalue weighted by Crippen LogP contribution is -2.42. The fraction of sp³-hybridized carbons (Fsp3) is 0.636. The molecule has 1 atom stereocenters. The maximum absolute atomic E-state index is 12.5. The Hall–Kier alpha value is -2.04. The van der Waals surface area contributed by atoms with Gasteiger partial charge >= 0.3 is 0 Å². The minimum Gasteiger partial charge on any atom is -0.357 e. The maximum Gasteiger partial charge on any atom is 0.223 e. The maximum atomic E-state index is 12.5. The second kappa shape index (κ2) is 11.0. The van der Waals surface area contributed by atoms with Crippen LogP contribution in [0.3, 0.4) is 0 Å². The van der Waals surface area contributed by atoms with E-state index >= 15 is 0 Å². The Morgan fingerprint density at radius 3 is 2.41 bits per heavy atom. The van der Waals surface area contributed by atoms with E-state index in [1.807, 2.05) is 17.0 Å². The monoisotopic (exact) mass is 372 g/mol. The second-order valence-electron chi connectivity index (χ2n) is 7.90. The average Bonchev–Trinajstić information content (AvgIpc) is 3.07. The van der Waals surface area contributed by atoms with Crippen molar-refractivity contribution in [3.05, 3.63) is 35.4 Å². The molecule has 1 unspecified atom stereocenters. The summed E-state index contributed by atoms with van der Waals surface area (Å²) >= 11 is 0. The summed E-state index contributed by atoms with van der Waals surface area (Å²) in [5.74, 6) is 1.80. The van der Waals surface area contributed by atoms with Gasteiger partial charge in [0.25, 0.3) is 0 Å². The Morgan fingerprint density at radius 2 is 1.81 bits per heavy atom. The van der Waals surface area contributed by atoms with Crippen molar-refractivity contribution in [2.45, 2.75) is 72.5 Å². The van der Waals surface area contributed by atoms with E-state index in [4.69, 9.17) is 0 Å². The molecule has 5 heteroatoms. The lowest BCUT2D eigenvalue weighted by molar-refractivity contribution is -0.131. The van der Waals surface area contributed by atoms with Gasteiger partial charge in [-0.3, -0.25) is 9.79 Å². The van der Waals surface area contributed by atoms with Crippen molar-refractivity contribution < 1.29 is 4.79 Å². The molecule has 1 amide bonds. The molecule has 150 valence electrons. The van der Waals surface area contributed by atoms with Crippen molar-refractivity contribution in [2.24, 2.45) is 10.9 Å². The summed E-state index contributed by atoms with van der Waals surface area (Å²) in [5, 5.41) is 6.77. The van der Waals surface area contributed by atoms with E-state index in [9.17, 15) is 4.79 Å². The number of benzene rings is 1. The molecule has 1 aliphatic heterocycles. The highest BCUT2D eigenvalue weighted by molar-refractivity contribution is 5.80. The molecular weight excluding hydrogens is 336 g/mol. The molecule has 0 spiro atoms. The zero-order valence-electron chi connectivity index (χ0n) is 17.4. The zero-order chi connectivity index (χ0) is 19.6. The summed E-state index contributed by atoms with van der Waals surface area (Å²) < 4.78 is 0. The first-order valence-corrected chi connectivity index (χ1v) is 10.4. The van der Waals surface area contributed by atoms with Gasteiger partial charge < -0.3 is 15.5 Å². The van der Waals surface area contributed by atoms with E-state index in [0.717, 1.165) is 44.4 Å². The molecule has 1 aromatic rings. The number of hydrogen-bond donors (Lipinski definition) is 2. The van der Waals surface area contributed by atoms with E-state index in [1.165, 1.54) is 17.5 Å². The van der Waals surface area contributed by atoms with Crippen molar-refractivity contribution in [3.63, 3.8) is 0 Å². The molecule has 0 radical (unpaired) electrons. The number of rotatable bonds is 9. The molecule has 0 aliphatic carbocycles. The van der Waals surface area contributed by atoms with Crippen LogP contribution in [-0.2, 0) is 17.9 Å². The van der Waals surface area contributed by atoms with Gasteiger partial charge in [0.1, 0.15) is 0 Å². The molecule has 1 aromatic carbocycles. The summed E-state index contributed by atoms with van der Waals surface area (Å²) in [6, 6.07) is 8.70. The fourth-order valence-corrected chi connectivity index (χ4v) is 3.30. The van der Waals surface area contributed by atoms with Crippen LogP contribution in [0, 0.1) is 5.92 Å². The largest absolute Gasteiger partial charge is 0.357 e. The first kappa shape index (κ1) is 21.3. The van der Waals surface area contributed by atoms with Crippen LogP contribution < -0.4 is 10.6 Å². The van der Waals surface area contributed by atoms with Gasteiger partial charge in [-0.1, -0.05) is 38.1 Å². The van der Waals surface area contributed by atoms with Crippen LogP contribution in [0.25, 0.3) is 0 Å². The van der Waals surface area contributed by atoms with Crippen molar-refractivity contribution in [2.75, 3.05) is 13.1 Å². The third-order valence-corrected chi connectivity index (χ3v) is 4.92. The smallest absolute Gasteiger partial charge is 0.223 e. The van der Waals surface area contributed by atoms with E-state index in [-0.39, 0.29) is 5.91 Å². The summed E-state index contributed by atoms with van der Waals surface area (Å²) in [6.07, 6.45) is 3.68. The quantitative estimate of drug-likeness (QED) is 0.395. The Balaban J connectivity index is 1.73. The highest BCUT2D eigenvalue weighted by Crippen LogP contribution is 2.22. The van der Waals surface area contributed by atoms with Crippen LogP contribution in [0.2, 0.25) is 0 Å². The van der Waals surface area contributed by atoms with Gasteiger partial charge in [0, 0.05) is 38.6 Å². The van der Waals surface area contributed by atoms with Gasteiger partial charge in [0.15, 0.2) is 5.96 Å². The highest BCUT2D eigenvalue weighted by atomic mass is 16.2. The van der Waals surface area contributed by atoms with Gasteiger partial charge in [-0.25, -0.2) is 0 Å². The van der Waals surface area contributed by atoms with Gasteiger partial charge in [-0.05, 0) is 50.2 Å². The molecule has 0 bridgehead atoms. The lowest BCUT2D eigenvalue weighted by Gasteiger charge is -2.19. The number of fused-ring (bicyclic) bond motifs is 1. The van der Waals surface area contributed by atoms with Gasteiger partial charge in [0.05, 0.1) is 0 Å². The van der Waals surface area contributed by atoms with Crippen LogP contribution in [0.5, 0.6) is 0 Å². The zero-order valence-corrected chi connectivity index (χ0v) is 17.4. The average molecular weight is 373 g/mol. The minimum absolute atomic E-state index is 0.227. The third-order valence-electron chi connectivity index (χ3n) is 4.92. The van der Waals surface area contributed by atoms with Crippen LogP contribution in [0.1, 0.15) is 64.5 Å². The summed E-state index contributed by atoms with van der Waals surface area (Å²) in [5.41, 5.74) is 2.55. The number of hydrogen-bond acceptors (Lipinski definition) is 2. The number of guanidine groups is 1. The topological polar surface area (TPSA) is 56.7 Å². The number of amides is 1. The third kappa shape index (κ3) is 7.24. The molecular formula is C22H36N4O. The number of carbonyl (C=O) groups is 1. The fourth-order valence-electron chi connectivity index (χ4n) is 3.30. The van der Waals surface area contributed by atoms with Crippen molar-refractivity contribution in [1.29, 1.82) is 0 Å². The lowest BCUT2D eigenvalue weighted by atomic mass is 10.0. The molecule has 0 saturated heterocycles. The van der Waals surface area contributed by atoms with Crippen LogP contribution >= 0.6 is 0 Å². The number of nitrogens with one attached hydrogen (secondary N) is 2. The molecule has 1 heterocycles. The van der Waals surface area contributed by atoms with Crippen molar-refractivity contribution in [3.8, 4) is 0 Å². The molecule has 1 aliphatic rings. The Bertz CT molecular complexity index is 601. The number of carbonyl (C=O) groups excluding carboxylic acids is 1. The Labute approximate surface area is 164 Å². The normalized spacial score (nSPS) is 15.0. The first-order chi connectivity index (χ1) is 13.0. The van der Waals surface area contributed by atoms with Crippen molar-refractivity contribution in [1.82, 2.24) is 15.5 Å². The Morgan fingerprint density at radius 1 is 1.15 bits per heavy atom. The Kier molecular flexibility index (Phi) is 8.62. The minimum atomic E-state index is 0.227. The van der Waals surface area contributed by atoms with Crippen molar-refractivity contribution >= 4 is 11.9 Å². The predicted molar refractivity (Wildman–Crippen MR) is 113 cm³/mol. The molecule has 2 rings (SSSR count).